The van der Waals surface area contributed by atoms with E-state index in [0.717, 1.165) is 38.2 Å². The van der Waals surface area contributed by atoms with E-state index >= 15 is 0 Å². The largest absolute Gasteiger partial charge is 0.372 e. The van der Waals surface area contributed by atoms with Crippen molar-refractivity contribution >= 4 is 5.69 Å². The third-order valence-corrected chi connectivity index (χ3v) is 3.07. The number of rotatable bonds is 7. The molecule has 1 rings (SSSR count). The van der Waals surface area contributed by atoms with E-state index in [1.54, 1.807) is 12.1 Å². The molecule has 0 fully saturated rings. The van der Waals surface area contributed by atoms with Crippen LogP contribution in [0.3, 0.4) is 0 Å². The molecular formula is C16H27FN2. The number of nitrogens with one attached hydrogen (secondary N) is 1. The molecule has 0 unspecified atom stereocenters. The first-order valence-corrected chi connectivity index (χ1v) is 7.18. The van der Waals surface area contributed by atoms with Crippen molar-refractivity contribution in [1.29, 1.82) is 0 Å². The standard InChI is InChI=1S/C16H27FN2/c1-5-19(15-10-8-9-14(17)13-15)12-7-6-11-18-16(2,3)4/h8-10,13,18H,5-7,11-12H2,1-4H3. The molecule has 0 aromatic heterocycles. The molecule has 0 bridgehead atoms. The summed E-state index contributed by atoms with van der Waals surface area (Å²) >= 11 is 0. The maximum absolute atomic E-state index is 13.2. The van der Waals surface area contributed by atoms with Crippen LogP contribution in [0.2, 0.25) is 0 Å². The van der Waals surface area contributed by atoms with Crippen LogP contribution in [0.5, 0.6) is 0 Å². The van der Waals surface area contributed by atoms with Crippen LogP contribution in [0.1, 0.15) is 40.5 Å². The minimum Gasteiger partial charge on any atom is -0.372 e. The molecule has 0 aliphatic heterocycles. The van der Waals surface area contributed by atoms with E-state index < -0.39 is 0 Å². The minimum absolute atomic E-state index is 0.162. The summed E-state index contributed by atoms with van der Waals surface area (Å²) in [6, 6.07) is 6.84. The van der Waals surface area contributed by atoms with Crippen molar-refractivity contribution in [2.24, 2.45) is 0 Å². The Morgan fingerprint density at radius 2 is 1.95 bits per heavy atom. The molecule has 0 aliphatic rings. The lowest BCUT2D eigenvalue weighted by atomic mass is 10.1. The number of hydrogen-bond acceptors (Lipinski definition) is 2. The first-order valence-electron chi connectivity index (χ1n) is 7.18. The molecule has 2 nitrogen and oxygen atoms in total. The van der Waals surface area contributed by atoms with Crippen LogP contribution < -0.4 is 10.2 Å². The van der Waals surface area contributed by atoms with E-state index in [9.17, 15) is 4.39 Å². The first kappa shape index (κ1) is 16.0. The fraction of sp³-hybridized carbons (Fsp3) is 0.625. The summed E-state index contributed by atoms with van der Waals surface area (Å²) in [7, 11) is 0. The topological polar surface area (TPSA) is 15.3 Å². The number of hydrogen-bond donors (Lipinski definition) is 1. The fourth-order valence-corrected chi connectivity index (χ4v) is 2.03. The summed E-state index contributed by atoms with van der Waals surface area (Å²) in [5, 5.41) is 3.48. The second-order valence-corrected chi connectivity index (χ2v) is 5.94. The second-order valence-electron chi connectivity index (χ2n) is 5.94. The molecule has 1 N–H and O–H groups in total. The summed E-state index contributed by atoms with van der Waals surface area (Å²) < 4.78 is 13.2. The van der Waals surface area contributed by atoms with E-state index in [4.69, 9.17) is 0 Å². The Morgan fingerprint density at radius 1 is 1.21 bits per heavy atom. The van der Waals surface area contributed by atoms with Gasteiger partial charge >= 0.3 is 0 Å². The number of nitrogens with zero attached hydrogens (tertiary/aromatic N) is 1. The second kappa shape index (κ2) is 7.49. The Balaban J connectivity index is 2.34. The zero-order valence-electron chi connectivity index (χ0n) is 12.7. The number of benzene rings is 1. The Hall–Kier alpha value is -1.09. The maximum Gasteiger partial charge on any atom is 0.125 e. The molecule has 0 aliphatic carbocycles. The average Bonchev–Trinajstić information content (AvgIpc) is 2.32. The molecule has 0 radical (unpaired) electrons. The smallest absolute Gasteiger partial charge is 0.125 e. The Bertz CT molecular complexity index is 371. The van der Waals surface area contributed by atoms with Crippen LogP contribution in [0.4, 0.5) is 10.1 Å². The normalized spacial score (nSPS) is 11.6. The minimum atomic E-state index is -0.162. The average molecular weight is 266 g/mol. The lowest BCUT2D eigenvalue weighted by Gasteiger charge is -2.24. The molecule has 3 heteroatoms. The van der Waals surface area contributed by atoms with Gasteiger partial charge in [-0.1, -0.05) is 6.07 Å². The third-order valence-electron chi connectivity index (χ3n) is 3.07. The van der Waals surface area contributed by atoms with Crippen LogP contribution in [-0.4, -0.2) is 25.2 Å². The summed E-state index contributed by atoms with van der Waals surface area (Å²) in [6.07, 6.45) is 2.26. The Morgan fingerprint density at radius 3 is 2.53 bits per heavy atom. The molecule has 1 aromatic rings. The van der Waals surface area contributed by atoms with Crippen LogP contribution in [0.15, 0.2) is 24.3 Å². The number of anilines is 1. The van der Waals surface area contributed by atoms with Gasteiger partial charge in [0.1, 0.15) is 5.82 Å². The highest BCUT2D eigenvalue weighted by atomic mass is 19.1. The highest BCUT2D eigenvalue weighted by Gasteiger charge is 2.08. The predicted octanol–water partition coefficient (Wildman–Crippen LogP) is 3.82. The van der Waals surface area contributed by atoms with Gasteiger partial charge in [0.15, 0.2) is 0 Å². The summed E-state index contributed by atoms with van der Waals surface area (Å²) in [6.45, 7) is 11.6. The molecule has 1 aromatic carbocycles. The van der Waals surface area contributed by atoms with Crippen molar-refractivity contribution in [3.05, 3.63) is 30.1 Å². The molecule has 0 saturated carbocycles. The molecule has 0 amide bonds. The van der Waals surface area contributed by atoms with Gasteiger partial charge in [-0.2, -0.15) is 0 Å². The van der Waals surface area contributed by atoms with Gasteiger partial charge in [0.25, 0.3) is 0 Å². The maximum atomic E-state index is 13.2. The van der Waals surface area contributed by atoms with Gasteiger partial charge in [0.2, 0.25) is 0 Å². The Labute approximate surface area is 117 Å². The van der Waals surface area contributed by atoms with Gasteiger partial charge in [-0.15, -0.1) is 0 Å². The van der Waals surface area contributed by atoms with Crippen LogP contribution in [0.25, 0.3) is 0 Å². The molecule has 108 valence electrons. The fourth-order valence-electron chi connectivity index (χ4n) is 2.03. The highest BCUT2D eigenvalue weighted by molar-refractivity contribution is 5.46. The molecular weight excluding hydrogens is 239 g/mol. The predicted molar refractivity (Wildman–Crippen MR) is 81.3 cm³/mol. The zero-order chi connectivity index (χ0) is 14.3. The first-order chi connectivity index (χ1) is 8.92. The van der Waals surface area contributed by atoms with Gasteiger partial charge in [-0.3, -0.25) is 0 Å². The summed E-state index contributed by atoms with van der Waals surface area (Å²) in [5.74, 6) is -0.162. The van der Waals surface area contributed by atoms with Gasteiger partial charge in [-0.25, -0.2) is 4.39 Å². The zero-order valence-corrected chi connectivity index (χ0v) is 12.7. The van der Waals surface area contributed by atoms with Gasteiger partial charge < -0.3 is 10.2 Å². The highest BCUT2D eigenvalue weighted by Crippen LogP contribution is 2.15. The van der Waals surface area contributed by atoms with Crippen molar-refractivity contribution < 1.29 is 4.39 Å². The number of halogens is 1. The van der Waals surface area contributed by atoms with Crippen molar-refractivity contribution in [1.82, 2.24) is 5.32 Å². The van der Waals surface area contributed by atoms with Gasteiger partial charge in [0, 0.05) is 24.3 Å². The summed E-state index contributed by atoms with van der Waals surface area (Å²) in [5.41, 5.74) is 1.17. The monoisotopic (exact) mass is 266 g/mol. The van der Waals surface area contributed by atoms with Crippen LogP contribution >= 0.6 is 0 Å². The molecule has 0 saturated heterocycles. The van der Waals surface area contributed by atoms with E-state index in [1.807, 2.05) is 6.07 Å². The third kappa shape index (κ3) is 6.58. The molecule has 0 spiro atoms. The Kier molecular flexibility index (Phi) is 6.29. The van der Waals surface area contributed by atoms with Gasteiger partial charge in [0.05, 0.1) is 0 Å². The van der Waals surface area contributed by atoms with E-state index in [0.29, 0.717) is 0 Å². The summed E-state index contributed by atoms with van der Waals surface area (Å²) in [4.78, 5) is 2.22. The lowest BCUT2D eigenvalue weighted by molar-refractivity contribution is 0.419. The van der Waals surface area contributed by atoms with E-state index in [1.165, 1.54) is 6.07 Å². The van der Waals surface area contributed by atoms with E-state index in [-0.39, 0.29) is 11.4 Å². The molecule has 19 heavy (non-hydrogen) atoms. The van der Waals surface area contributed by atoms with E-state index in [2.05, 4.69) is 37.9 Å². The molecule has 0 heterocycles. The SMILES string of the molecule is CCN(CCCCNC(C)(C)C)c1cccc(F)c1. The van der Waals surface area contributed by atoms with Crippen LogP contribution in [0, 0.1) is 5.82 Å². The van der Waals surface area contributed by atoms with Crippen LogP contribution in [-0.2, 0) is 0 Å². The van der Waals surface area contributed by atoms with Crippen molar-refractivity contribution in [3.8, 4) is 0 Å². The van der Waals surface area contributed by atoms with Crippen molar-refractivity contribution in [3.63, 3.8) is 0 Å². The van der Waals surface area contributed by atoms with Gasteiger partial charge in [-0.05, 0) is 65.3 Å². The van der Waals surface area contributed by atoms with Crippen molar-refractivity contribution in [2.75, 3.05) is 24.5 Å². The number of unbranched alkanes of at least 4 members (excludes halogenated alkanes) is 1. The lowest BCUT2D eigenvalue weighted by Crippen LogP contribution is -2.36. The van der Waals surface area contributed by atoms with Crippen molar-refractivity contribution in [2.45, 2.75) is 46.1 Å². The quantitative estimate of drug-likeness (QED) is 0.755. The molecule has 0 atom stereocenters.